The fourth-order valence-corrected chi connectivity index (χ4v) is 4.72. The van der Waals surface area contributed by atoms with Gasteiger partial charge in [0.25, 0.3) is 0 Å². The minimum absolute atomic E-state index is 0.0385. The average molecular weight is 455 g/mol. The van der Waals surface area contributed by atoms with Gasteiger partial charge < -0.3 is 19.4 Å². The third-order valence-electron chi connectivity index (χ3n) is 6.17. The summed E-state index contributed by atoms with van der Waals surface area (Å²) in [4.78, 5) is 38.8. The van der Waals surface area contributed by atoms with Gasteiger partial charge >= 0.3 is 12.3 Å². The molecule has 2 unspecified atom stereocenters. The second kappa shape index (κ2) is 8.08. The van der Waals surface area contributed by atoms with Crippen LogP contribution in [0.3, 0.4) is 0 Å². The number of carbonyl (C=O) groups excluding carboxylic acids is 2. The summed E-state index contributed by atoms with van der Waals surface area (Å²) < 4.78 is 43.7. The predicted molar refractivity (Wildman–Crippen MR) is 109 cm³/mol. The molecule has 3 aliphatic rings. The summed E-state index contributed by atoms with van der Waals surface area (Å²) in [6.07, 6.45) is -1.03. The van der Waals surface area contributed by atoms with Crippen LogP contribution in [0.25, 0.3) is 0 Å². The van der Waals surface area contributed by atoms with Gasteiger partial charge in [-0.15, -0.1) is 0 Å². The quantitative estimate of drug-likeness (QED) is 0.683. The van der Waals surface area contributed by atoms with Crippen LogP contribution >= 0.6 is 0 Å². The number of piperazine rings is 1. The first kappa shape index (κ1) is 22.6. The SMILES string of the molecule is CC(C)(C)OC(=O)N1CC[C@@H](C(=O)N2C3CCC2CN(c2ncc(C(F)(F)F)cn2)C3)C1. The van der Waals surface area contributed by atoms with Gasteiger partial charge in [-0.1, -0.05) is 0 Å². The number of amides is 2. The van der Waals surface area contributed by atoms with E-state index in [1.54, 1.807) is 25.7 Å². The number of hydrogen-bond acceptors (Lipinski definition) is 6. The zero-order chi connectivity index (χ0) is 23.3. The van der Waals surface area contributed by atoms with Crippen LogP contribution in [-0.4, -0.2) is 75.6 Å². The number of rotatable bonds is 2. The van der Waals surface area contributed by atoms with Gasteiger partial charge in [-0.3, -0.25) is 4.79 Å². The summed E-state index contributed by atoms with van der Waals surface area (Å²) in [5.41, 5.74) is -1.47. The Balaban J connectivity index is 1.38. The molecule has 176 valence electrons. The van der Waals surface area contributed by atoms with Crippen molar-refractivity contribution in [3.8, 4) is 0 Å². The monoisotopic (exact) mass is 455 g/mol. The largest absolute Gasteiger partial charge is 0.444 e. The number of halogens is 3. The Labute approximate surface area is 184 Å². The van der Waals surface area contributed by atoms with Crippen molar-refractivity contribution in [3.63, 3.8) is 0 Å². The molecule has 2 amide bonds. The summed E-state index contributed by atoms with van der Waals surface area (Å²) in [5, 5.41) is 0. The van der Waals surface area contributed by atoms with Gasteiger partial charge in [-0.05, 0) is 40.0 Å². The average Bonchev–Trinajstić information content (AvgIpc) is 3.29. The molecule has 0 radical (unpaired) electrons. The minimum Gasteiger partial charge on any atom is -0.444 e. The highest BCUT2D eigenvalue weighted by Gasteiger charge is 2.46. The van der Waals surface area contributed by atoms with Gasteiger partial charge in [-0.2, -0.15) is 13.2 Å². The van der Waals surface area contributed by atoms with E-state index in [1.807, 2.05) is 9.80 Å². The van der Waals surface area contributed by atoms with E-state index in [1.165, 1.54) is 0 Å². The molecule has 4 heterocycles. The van der Waals surface area contributed by atoms with Gasteiger partial charge in [0.15, 0.2) is 0 Å². The Hall–Kier alpha value is -2.59. The number of likely N-dealkylation sites (tertiary alicyclic amines) is 1. The van der Waals surface area contributed by atoms with E-state index in [0.717, 1.165) is 25.2 Å². The van der Waals surface area contributed by atoms with Crippen molar-refractivity contribution >= 4 is 17.9 Å². The summed E-state index contributed by atoms with van der Waals surface area (Å²) in [6.45, 7) is 7.21. The number of nitrogens with zero attached hydrogens (tertiary/aromatic N) is 5. The number of hydrogen-bond donors (Lipinski definition) is 0. The number of fused-ring (bicyclic) bond motifs is 2. The first-order chi connectivity index (χ1) is 14.9. The summed E-state index contributed by atoms with van der Waals surface area (Å²) in [7, 11) is 0. The molecule has 3 fully saturated rings. The lowest BCUT2D eigenvalue weighted by Gasteiger charge is -2.42. The van der Waals surface area contributed by atoms with Crippen molar-refractivity contribution in [1.29, 1.82) is 0 Å². The zero-order valence-corrected chi connectivity index (χ0v) is 18.4. The number of ether oxygens (including phenoxy) is 1. The molecule has 11 heteroatoms. The van der Waals surface area contributed by atoms with Crippen LogP contribution in [0.15, 0.2) is 12.4 Å². The van der Waals surface area contributed by atoms with Crippen LogP contribution < -0.4 is 4.90 Å². The fraction of sp³-hybridized carbons (Fsp3) is 0.714. The van der Waals surface area contributed by atoms with Gasteiger partial charge in [0.1, 0.15) is 5.60 Å². The predicted octanol–water partition coefficient (Wildman–Crippen LogP) is 2.93. The minimum atomic E-state index is -4.48. The van der Waals surface area contributed by atoms with Crippen molar-refractivity contribution in [2.75, 3.05) is 31.1 Å². The zero-order valence-electron chi connectivity index (χ0n) is 18.4. The molecule has 3 aliphatic heterocycles. The highest BCUT2D eigenvalue weighted by atomic mass is 19.4. The lowest BCUT2D eigenvalue weighted by molar-refractivity contribution is -0.139. The molecule has 0 N–H and O–H groups in total. The molecule has 1 aromatic heterocycles. The fourth-order valence-electron chi connectivity index (χ4n) is 4.72. The lowest BCUT2D eigenvalue weighted by atomic mass is 10.0. The van der Waals surface area contributed by atoms with Gasteiger partial charge in [-0.25, -0.2) is 14.8 Å². The van der Waals surface area contributed by atoms with E-state index in [9.17, 15) is 22.8 Å². The Morgan fingerprint density at radius 3 is 2.12 bits per heavy atom. The van der Waals surface area contributed by atoms with E-state index in [4.69, 9.17) is 4.74 Å². The van der Waals surface area contributed by atoms with Crippen LogP contribution in [0.1, 0.15) is 45.6 Å². The second-order valence-corrected chi connectivity index (χ2v) is 9.72. The maximum absolute atomic E-state index is 13.3. The van der Waals surface area contributed by atoms with Crippen LogP contribution in [0.4, 0.5) is 23.9 Å². The number of anilines is 1. The van der Waals surface area contributed by atoms with Crippen molar-refractivity contribution in [2.45, 2.75) is 63.9 Å². The molecule has 0 aromatic carbocycles. The van der Waals surface area contributed by atoms with Gasteiger partial charge in [0.2, 0.25) is 11.9 Å². The van der Waals surface area contributed by atoms with Crippen LogP contribution in [0.5, 0.6) is 0 Å². The standard InChI is InChI=1S/C21H28F3N5O3/c1-20(2,3)32-19(31)27-7-6-13(10-27)17(30)29-15-4-5-16(29)12-28(11-15)18-25-8-14(9-26-18)21(22,23)24/h8-9,13,15-16H,4-7,10-12H2,1-3H3/t13-,15?,16?/m1/s1. The van der Waals surface area contributed by atoms with Crippen LogP contribution in [-0.2, 0) is 15.7 Å². The topological polar surface area (TPSA) is 78.9 Å². The van der Waals surface area contributed by atoms with E-state index < -0.39 is 23.4 Å². The maximum Gasteiger partial charge on any atom is 0.419 e. The highest BCUT2D eigenvalue weighted by molar-refractivity contribution is 5.82. The number of alkyl halides is 3. The molecule has 4 rings (SSSR count). The number of aromatic nitrogens is 2. The summed E-state index contributed by atoms with van der Waals surface area (Å²) in [6, 6.07) is -0.0783. The lowest BCUT2D eigenvalue weighted by Crippen LogP contribution is -2.57. The second-order valence-electron chi connectivity index (χ2n) is 9.72. The van der Waals surface area contributed by atoms with E-state index in [2.05, 4.69) is 9.97 Å². The molecule has 3 atom stereocenters. The van der Waals surface area contributed by atoms with Crippen molar-refractivity contribution < 1.29 is 27.5 Å². The van der Waals surface area contributed by atoms with Crippen molar-refractivity contribution in [1.82, 2.24) is 19.8 Å². The highest BCUT2D eigenvalue weighted by Crippen LogP contribution is 2.35. The number of carbonyl (C=O) groups is 2. The molecule has 32 heavy (non-hydrogen) atoms. The Morgan fingerprint density at radius 2 is 1.59 bits per heavy atom. The summed E-state index contributed by atoms with van der Waals surface area (Å²) >= 11 is 0. The van der Waals surface area contributed by atoms with E-state index in [0.29, 0.717) is 32.6 Å². The normalized spacial score (nSPS) is 25.9. The molecule has 0 spiro atoms. The maximum atomic E-state index is 13.3. The molecular weight excluding hydrogens is 427 g/mol. The van der Waals surface area contributed by atoms with Crippen molar-refractivity contribution in [3.05, 3.63) is 18.0 Å². The Kier molecular flexibility index (Phi) is 5.70. The van der Waals surface area contributed by atoms with Gasteiger partial charge in [0.05, 0.1) is 11.5 Å². The first-order valence-corrected chi connectivity index (χ1v) is 10.9. The molecule has 8 nitrogen and oxygen atoms in total. The van der Waals surface area contributed by atoms with Crippen LogP contribution in [0.2, 0.25) is 0 Å². The smallest absolute Gasteiger partial charge is 0.419 e. The van der Waals surface area contributed by atoms with Crippen LogP contribution in [0, 0.1) is 5.92 Å². The Morgan fingerprint density at radius 1 is 1.00 bits per heavy atom. The van der Waals surface area contributed by atoms with E-state index >= 15 is 0 Å². The van der Waals surface area contributed by atoms with E-state index in [-0.39, 0.29) is 29.9 Å². The third-order valence-corrected chi connectivity index (χ3v) is 6.17. The molecule has 0 aliphatic carbocycles. The molecule has 2 bridgehead atoms. The molecular formula is C21H28F3N5O3. The molecule has 0 saturated carbocycles. The Bertz CT molecular complexity index is 857. The van der Waals surface area contributed by atoms with Gasteiger partial charge in [0, 0.05) is 50.7 Å². The van der Waals surface area contributed by atoms with Crippen molar-refractivity contribution in [2.24, 2.45) is 5.92 Å². The first-order valence-electron chi connectivity index (χ1n) is 10.9. The molecule has 1 aromatic rings. The molecule has 3 saturated heterocycles. The third kappa shape index (κ3) is 4.61. The summed E-state index contributed by atoms with van der Waals surface area (Å²) in [5.74, 6) is 0.0231.